The molecule has 1 aromatic heterocycles. The molecule has 4 N–H and O–H groups in total. The molecule has 3 fully saturated rings. The second-order valence-corrected chi connectivity index (χ2v) is 17.3. The Balaban J connectivity index is 1.36. The summed E-state index contributed by atoms with van der Waals surface area (Å²) in [7, 11) is 3.08. The molecule has 1 aliphatic heterocycles. The molecule has 5 rings (SSSR count). The van der Waals surface area contributed by atoms with Crippen molar-refractivity contribution in [2.24, 2.45) is 13.0 Å². The highest BCUT2D eigenvalue weighted by Crippen LogP contribution is 2.33. The molecule has 2 aromatic rings. The van der Waals surface area contributed by atoms with E-state index in [4.69, 9.17) is 9.47 Å². The quantitative estimate of drug-likeness (QED) is 0.203. The summed E-state index contributed by atoms with van der Waals surface area (Å²) in [5.74, 6) is -3.10. The van der Waals surface area contributed by atoms with Gasteiger partial charge in [0.1, 0.15) is 35.3 Å². The van der Waals surface area contributed by atoms with E-state index in [9.17, 15) is 28.8 Å². The zero-order valence-electron chi connectivity index (χ0n) is 35.0. The van der Waals surface area contributed by atoms with Gasteiger partial charge in [0.15, 0.2) is 0 Å². The van der Waals surface area contributed by atoms with Gasteiger partial charge in [0.2, 0.25) is 23.6 Å². The second kappa shape index (κ2) is 19.7. The first-order chi connectivity index (χ1) is 27.6. The van der Waals surface area contributed by atoms with Crippen LogP contribution in [0.1, 0.15) is 122 Å². The van der Waals surface area contributed by atoms with Crippen LogP contribution >= 0.6 is 0 Å². The smallest absolute Gasteiger partial charge is 0.408 e. The normalized spacial score (nSPS) is 20.4. The molecule has 58 heavy (non-hydrogen) atoms. The lowest BCUT2D eigenvalue weighted by Crippen LogP contribution is -2.66. The van der Waals surface area contributed by atoms with Crippen molar-refractivity contribution in [3.63, 3.8) is 0 Å². The highest BCUT2D eigenvalue weighted by Gasteiger charge is 2.47. The molecule has 1 aromatic carbocycles. The number of aromatic nitrogens is 2. The number of methoxy groups -OCH3 is 1. The van der Waals surface area contributed by atoms with E-state index in [-0.39, 0.29) is 18.9 Å². The van der Waals surface area contributed by atoms with Gasteiger partial charge in [-0.1, -0.05) is 75.8 Å². The summed E-state index contributed by atoms with van der Waals surface area (Å²) < 4.78 is 12.4. The Labute approximate surface area is 342 Å². The molecule has 5 atom stereocenters. The van der Waals surface area contributed by atoms with Crippen LogP contribution in [0.5, 0.6) is 0 Å². The summed E-state index contributed by atoms with van der Waals surface area (Å²) in [5.41, 5.74) is -0.567. The van der Waals surface area contributed by atoms with Gasteiger partial charge in [-0.2, -0.15) is 0 Å². The van der Waals surface area contributed by atoms with Gasteiger partial charge in [-0.05, 0) is 70.8 Å². The lowest BCUT2D eigenvalue weighted by Gasteiger charge is -2.40. The molecule has 0 radical (unpaired) electrons. The molecular weight excluding hydrogens is 743 g/mol. The Morgan fingerprint density at radius 1 is 0.897 bits per heavy atom. The van der Waals surface area contributed by atoms with E-state index in [1.54, 1.807) is 44.9 Å². The number of carbonyl (C=O) groups excluding carboxylic acids is 6. The van der Waals surface area contributed by atoms with E-state index in [0.29, 0.717) is 44.2 Å². The average molecular weight is 806 g/mol. The fourth-order valence-electron chi connectivity index (χ4n) is 8.77. The summed E-state index contributed by atoms with van der Waals surface area (Å²) in [6.07, 6.45) is 10.9. The minimum absolute atomic E-state index is 0.164. The van der Waals surface area contributed by atoms with E-state index >= 15 is 0 Å². The summed E-state index contributed by atoms with van der Waals surface area (Å²) in [6.45, 7) is 7.31. The topological polar surface area (TPSA) is 190 Å². The number of ether oxygens (including phenoxy) is 2. The number of hydrogen-bond donors (Lipinski definition) is 4. The first-order valence-electron chi connectivity index (χ1n) is 20.9. The third kappa shape index (κ3) is 11.2. The molecule has 15 nitrogen and oxygen atoms in total. The van der Waals surface area contributed by atoms with Crippen molar-refractivity contribution in [3.8, 4) is 0 Å². The van der Waals surface area contributed by atoms with Crippen molar-refractivity contribution in [2.75, 3.05) is 13.7 Å². The molecule has 2 heterocycles. The van der Waals surface area contributed by atoms with Crippen molar-refractivity contribution >= 4 is 35.7 Å². The van der Waals surface area contributed by atoms with Gasteiger partial charge < -0.3 is 40.2 Å². The number of imidazole rings is 1. The Kier molecular flexibility index (Phi) is 15.0. The van der Waals surface area contributed by atoms with Crippen molar-refractivity contribution in [1.82, 2.24) is 35.7 Å². The van der Waals surface area contributed by atoms with E-state index in [2.05, 4.69) is 26.3 Å². The van der Waals surface area contributed by atoms with Crippen LogP contribution in [0, 0.1) is 5.92 Å². The van der Waals surface area contributed by atoms with Gasteiger partial charge in [0.25, 0.3) is 0 Å². The number of benzene rings is 1. The maximum Gasteiger partial charge on any atom is 0.408 e. The average Bonchev–Trinajstić information content (AvgIpc) is 3.88. The minimum atomic E-state index is -1.32. The zero-order chi connectivity index (χ0) is 42.0. The summed E-state index contributed by atoms with van der Waals surface area (Å²) >= 11 is 0. The SMILES string of the molecule is COC(=O)[C@H](Cc1ccccc1)NC(=O)[C@@H](NC(=O)C1(NC(=O)[C@H]2CCCN2C(=O)[C@@H](NC(=O)OC(C)(C)C)[C@H](C)c2cncn2C)CCCCC1)C1CCCCC1. The molecule has 1 saturated heterocycles. The molecular formula is C43H63N7O8. The third-order valence-corrected chi connectivity index (χ3v) is 11.9. The molecule has 318 valence electrons. The number of carbonyl (C=O) groups is 6. The third-order valence-electron chi connectivity index (χ3n) is 11.9. The Hall–Kier alpha value is -4.95. The van der Waals surface area contributed by atoms with Gasteiger partial charge in [-0.15, -0.1) is 0 Å². The van der Waals surface area contributed by atoms with Crippen LogP contribution in [0.25, 0.3) is 0 Å². The van der Waals surface area contributed by atoms with Crippen LogP contribution in [0.15, 0.2) is 42.9 Å². The predicted octanol–water partition coefficient (Wildman–Crippen LogP) is 4.19. The standard InChI is InChI=1S/C43H63N7O8/c1-28(33-26-44-27-49(33)5)34(47-41(56)58-42(2,3)4)38(53)50-24-16-21-32(50)36(51)48-43(22-14-9-15-23-43)40(55)46-35(30-19-12-8-13-20-30)37(52)45-31(39(54)57-6)25-29-17-10-7-11-18-29/h7,10-11,17-18,26-28,30-32,34-35H,8-9,12-16,19-25H2,1-6H3,(H,45,52)(H,46,55)(H,47,56)(H,48,51)/t28-,31+,32-,34+,35+/m1/s1. The highest BCUT2D eigenvalue weighted by atomic mass is 16.6. The molecule has 5 amide bonds. The highest BCUT2D eigenvalue weighted by molar-refractivity contribution is 5.98. The molecule has 0 unspecified atom stereocenters. The molecule has 3 aliphatic rings. The fraction of sp³-hybridized carbons (Fsp3) is 0.651. The van der Waals surface area contributed by atoms with Gasteiger partial charge in [-0.3, -0.25) is 19.2 Å². The van der Waals surface area contributed by atoms with Gasteiger partial charge in [0.05, 0.1) is 13.4 Å². The molecule has 0 spiro atoms. The number of esters is 1. The number of nitrogens with zero attached hydrogens (tertiary/aromatic N) is 3. The first-order valence-corrected chi connectivity index (χ1v) is 20.9. The Bertz CT molecular complexity index is 1750. The Morgan fingerprint density at radius 2 is 1.57 bits per heavy atom. The molecule has 0 bridgehead atoms. The number of hydrogen-bond acceptors (Lipinski definition) is 9. The summed E-state index contributed by atoms with van der Waals surface area (Å²) in [6, 6.07) is 5.46. The van der Waals surface area contributed by atoms with E-state index in [0.717, 1.165) is 44.1 Å². The number of aryl methyl sites for hydroxylation is 1. The summed E-state index contributed by atoms with van der Waals surface area (Å²) in [4.78, 5) is 89.5. The molecule has 2 aliphatic carbocycles. The van der Waals surface area contributed by atoms with Crippen LogP contribution in [0.4, 0.5) is 4.79 Å². The lowest BCUT2D eigenvalue weighted by atomic mass is 9.79. The van der Waals surface area contributed by atoms with Gasteiger partial charge in [-0.25, -0.2) is 14.6 Å². The monoisotopic (exact) mass is 805 g/mol. The van der Waals surface area contributed by atoms with Crippen LogP contribution in [-0.2, 0) is 46.9 Å². The number of alkyl carbamates (subject to hydrolysis) is 1. The fourth-order valence-corrected chi connectivity index (χ4v) is 8.77. The van der Waals surface area contributed by atoms with Crippen LogP contribution in [0.2, 0.25) is 0 Å². The predicted molar refractivity (Wildman–Crippen MR) is 216 cm³/mol. The number of likely N-dealkylation sites (tertiary alicyclic amines) is 1. The zero-order valence-corrected chi connectivity index (χ0v) is 35.0. The van der Waals surface area contributed by atoms with Crippen LogP contribution < -0.4 is 21.3 Å². The first kappa shape index (κ1) is 44.2. The van der Waals surface area contributed by atoms with E-state index in [1.807, 2.05) is 37.3 Å². The molecule has 2 saturated carbocycles. The van der Waals surface area contributed by atoms with Crippen LogP contribution in [-0.4, -0.2) is 99.1 Å². The Morgan fingerprint density at radius 3 is 2.19 bits per heavy atom. The van der Waals surface area contributed by atoms with Crippen LogP contribution in [0.3, 0.4) is 0 Å². The maximum atomic E-state index is 14.7. The minimum Gasteiger partial charge on any atom is -0.467 e. The van der Waals surface area contributed by atoms with E-state index in [1.165, 1.54) is 12.0 Å². The van der Waals surface area contributed by atoms with Gasteiger partial charge >= 0.3 is 12.1 Å². The maximum absolute atomic E-state index is 14.7. The molecule has 15 heteroatoms. The van der Waals surface area contributed by atoms with Crippen molar-refractivity contribution in [2.45, 2.75) is 152 Å². The van der Waals surface area contributed by atoms with Crippen molar-refractivity contribution < 1.29 is 38.2 Å². The van der Waals surface area contributed by atoms with E-state index < -0.39 is 76.9 Å². The largest absolute Gasteiger partial charge is 0.467 e. The summed E-state index contributed by atoms with van der Waals surface area (Å²) in [5, 5.41) is 11.9. The second-order valence-electron chi connectivity index (χ2n) is 17.3. The van der Waals surface area contributed by atoms with Gasteiger partial charge in [0, 0.05) is 37.8 Å². The van der Waals surface area contributed by atoms with Crippen molar-refractivity contribution in [3.05, 3.63) is 54.1 Å². The number of amides is 5. The lowest BCUT2D eigenvalue weighted by molar-refractivity contribution is -0.146. The number of rotatable bonds is 14. The van der Waals surface area contributed by atoms with Crippen molar-refractivity contribution in [1.29, 1.82) is 0 Å². The number of nitrogens with one attached hydrogen (secondary N) is 4.